The summed E-state index contributed by atoms with van der Waals surface area (Å²) in [5, 5.41) is -0.00296. The summed E-state index contributed by atoms with van der Waals surface area (Å²) in [4.78, 5) is 12.4. The molecular weight excluding hydrogens is 196 g/mol. The predicted molar refractivity (Wildman–Crippen MR) is 56.4 cm³/mol. The number of benzene rings is 1. The molecule has 0 spiro atoms. The van der Waals surface area contributed by atoms with Gasteiger partial charge in [-0.1, -0.05) is 17.7 Å². The van der Waals surface area contributed by atoms with Crippen molar-refractivity contribution in [3.8, 4) is 0 Å². The van der Waals surface area contributed by atoms with E-state index in [4.69, 9.17) is 4.74 Å². The van der Waals surface area contributed by atoms with Gasteiger partial charge in [-0.15, -0.1) is 11.8 Å². The molecule has 1 atom stereocenters. The second-order valence-electron chi connectivity index (χ2n) is 3.38. The fraction of sp³-hybridized carbons (Fsp3) is 0.364. The van der Waals surface area contributed by atoms with Crippen LogP contribution in [0.25, 0.3) is 0 Å². The molecule has 0 N–H and O–H groups in total. The molecule has 0 amide bonds. The van der Waals surface area contributed by atoms with Gasteiger partial charge >= 0.3 is 5.97 Å². The Bertz CT molecular complexity index is 349. The van der Waals surface area contributed by atoms with E-state index >= 15 is 0 Å². The minimum Gasteiger partial charge on any atom is -0.465 e. The van der Waals surface area contributed by atoms with Crippen LogP contribution in [0.1, 0.15) is 12.0 Å². The largest absolute Gasteiger partial charge is 0.465 e. The summed E-state index contributed by atoms with van der Waals surface area (Å²) in [6.45, 7) is 2.62. The lowest BCUT2D eigenvalue weighted by molar-refractivity contribution is -0.137. The second-order valence-corrected chi connectivity index (χ2v) is 4.66. The average Bonchev–Trinajstić information content (AvgIpc) is 2.52. The van der Waals surface area contributed by atoms with Gasteiger partial charge < -0.3 is 4.74 Å². The minimum atomic E-state index is -0.0727. The van der Waals surface area contributed by atoms with Crippen LogP contribution in [-0.2, 0) is 9.53 Å². The summed E-state index contributed by atoms with van der Waals surface area (Å²) < 4.78 is 4.91. The Hall–Kier alpha value is -0.960. The summed E-state index contributed by atoms with van der Waals surface area (Å²) in [5.41, 5.74) is 1.22. The molecule has 1 heterocycles. The lowest BCUT2D eigenvalue weighted by Crippen LogP contribution is -2.08. The molecule has 0 bridgehead atoms. The van der Waals surface area contributed by atoms with Gasteiger partial charge in [-0.25, -0.2) is 0 Å². The fourth-order valence-electron chi connectivity index (χ4n) is 1.44. The third kappa shape index (κ3) is 2.10. The zero-order valence-electron chi connectivity index (χ0n) is 8.03. The lowest BCUT2D eigenvalue weighted by Gasteiger charge is -2.05. The minimum absolute atomic E-state index is 0.00296. The molecule has 1 saturated heterocycles. The number of ether oxygens (including phenoxy) is 1. The van der Waals surface area contributed by atoms with E-state index in [1.807, 2.05) is 12.1 Å². The van der Waals surface area contributed by atoms with E-state index in [1.54, 1.807) is 11.8 Å². The van der Waals surface area contributed by atoms with Gasteiger partial charge in [0.1, 0.15) is 5.25 Å². The monoisotopic (exact) mass is 208 g/mol. The van der Waals surface area contributed by atoms with E-state index < -0.39 is 0 Å². The van der Waals surface area contributed by atoms with Gasteiger partial charge in [0.25, 0.3) is 0 Å². The SMILES string of the molecule is Cc1cccc(SC2CCOC2=O)c1. The van der Waals surface area contributed by atoms with Gasteiger partial charge in [-0.3, -0.25) is 4.79 Å². The number of rotatable bonds is 2. The van der Waals surface area contributed by atoms with Crippen LogP contribution in [0.15, 0.2) is 29.2 Å². The molecule has 0 radical (unpaired) electrons. The highest BCUT2D eigenvalue weighted by Gasteiger charge is 2.27. The molecule has 1 unspecified atom stereocenters. The highest BCUT2D eigenvalue weighted by atomic mass is 32.2. The van der Waals surface area contributed by atoms with Gasteiger partial charge in [0.05, 0.1) is 6.61 Å². The molecule has 1 fully saturated rings. The summed E-state index contributed by atoms with van der Waals surface area (Å²) in [6.07, 6.45) is 0.831. The van der Waals surface area contributed by atoms with Crippen LogP contribution in [0.5, 0.6) is 0 Å². The van der Waals surface area contributed by atoms with Crippen molar-refractivity contribution in [3.63, 3.8) is 0 Å². The van der Waals surface area contributed by atoms with Crippen LogP contribution in [-0.4, -0.2) is 17.8 Å². The standard InChI is InChI=1S/C11H12O2S/c1-8-3-2-4-9(7-8)14-10-5-6-13-11(10)12/h2-4,7,10H,5-6H2,1H3. The number of cyclic esters (lactones) is 1. The molecule has 3 heteroatoms. The van der Waals surface area contributed by atoms with Crippen molar-refractivity contribution in [2.75, 3.05) is 6.61 Å². The highest BCUT2D eigenvalue weighted by molar-refractivity contribution is 8.00. The number of hydrogen-bond acceptors (Lipinski definition) is 3. The van der Waals surface area contributed by atoms with Crippen LogP contribution in [0, 0.1) is 6.92 Å². The Morgan fingerprint density at radius 3 is 3.00 bits per heavy atom. The van der Waals surface area contributed by atoms with E-state index in [-0.39, 0.29) is 11.2 Å². The van der Waals surface area contributed by atoms with Crippen LogP contribution in [0.3, 0.4) is 0 Å². The number of esters is 1. The number of hydrogen-bond donors (Lipinski definition) is 0. The Balaban J connectivity index is 2.07. The quantitative estimate of drug-likeness (QED) is 0.698. The van der Waals surface area contributed by atoms with Crippen molar-refractivity contribution < 1.29 is 9.53 Å². The van der Waals surface area contributed by atoms with Crippen LogP contribution in [0.4, 0.5) is 0 Å². The van der Waals surface area contributed by atoms with E-state index in [9.17, 15) is 4.79 Å². The van der Waals surface area contributed by atoms with Gasteiger partial charge in [0, 0.05) is 11.3 Å². The van der Waals surface area contributed by atoms with Crippen molar-refractivity contribution in [3.05, 3.63) is 29.8 Å². The first-order valence-electron chi connectivity index (χ1n) is 4.66. The van der Waals surface area contributed by atoms with Gasteiger partial charge in [0.2, 0.25) is 0 Å². The number of aryl methyl sites for hydroxylation is 1. The molecule has 74 valence electrons. The van der Waals surface area contributed by atoms with E-state index in [2.05, 4.69) is 19.1 Å². The summed E-state index contributed by atoms with van der Waals surface area (Å²) in [5.74, 6) is -0.0727. The lowest BCUT2D eigenvalue weighted by atomic mass is 10.2. The normalized spacial score (nSPS) is 20.9. The maximum Gasteiger partial charge on any atom is 0.319 e. The zero-order valence-corrected chi connectivity index (χ0v) is 8.84. The smallest absolute Gasteiger partial charge is 0.319 e. The van der Waals surface area contributed by atoms with E-state index in [1.165, 1.54) is 5.56 Å². The van der Waals surface area contributed by atoms with Crippen molar-refractivity contribution in [1.82, 2.24) is 0 Å². The van der Waals surface area contributed by atoms with Crippen molar-refractivity contribution in [1.29, 1.82) is 0 Å². The number of carbonyl (C=O) groups is 1. The molecule has 1 aromatic carbocycles. The van der Waals surface area contributed by atoms with Crippen LogP contribution < -0.4 is 0 Å². The topological polar surface area (TPSA) is 26.3 Å². The molecule has 1 aromatic rings. The Labute approximate surface area is 87.6 Å². The first-order chi connectivity index (χ1) is 6.75. The van der Waals surface area contributed by atoms with E-state index in [0.717, 1.165) is 11.3 Å². The van der Waals surface area contributed by atoms with Crippen molar-refractivity contribution >= 4 is 17.7 Å². The third-order valence-corrected chi connectivity index (χ3v) is 3.39. The molecular formula is C11H12O2S. The fourth-order valence-corrected chi connectivity index (χ4v) is 2.56. The summed E-state index contributed by atoms with van der Waals surface area (Å²) in [6, 6.07) is 8.19. The molecule has 0 aliphatic carbocycles. The number of thioether (sulfide) groups is 1. The Morgan fingerprint density at radius 2 is 2.36 bits per heavy atom. The molecule has 2 rings (SSSR count). The molecule has 0 saturated carbocycles. The highest BCUT2D eigenvalue weighted by Crippen LogP contribution is 2.29. The molecule has 2 nitrogen and oxygen atoms in total. The Kier molecular flexibility index (Phi) is 2.77. The zero-order chi connectivity index (χ0) is 9.97. The molecule has 1 aliphatic rings. The second kappa shape index (κ2) is 4.05. The van der Waals surface area contributed by atoms with Crippen LogP contribution in [0.2, 0.25) is 0 Å². The number of carbonyl (C=O) groups excluding carboxylic acids is 1. The third-order valence-electron chi connectivity index (χ3n) is 2.16. The summed E-state index contributed by atoms with van der Waals surface area (Å²) in [7, 11) is 0. The average molecular weight is 208 g/mol. The maximum atomic E-state index is 11.2. The first-order valence-corrected chi connectivity index (χ1v) is 5.53. The summed E-state index contributed by atoms with van der Waals surface area (Å²) >= 11 is 1.60. The molecule has 14 heavy (non-hydrogen) atoms. The van der Waals surface area contributed by atoms with Crippen molar-refractivity contribution in [2.45, 2.75) is 23.5 Å². The van der Waals surface area contributed by atoms with Crippen LogP contribution >= 0.6 is 11.8 Å². The predicted octanol–water partition coefficient (Wildman–Crippen LogP) is 2.40. The van der Waals surface area contributed by atoms with Gasteiger partial charge in [-0.2, -0.15) is 0 Å². The van der Waals surface area contributed by atoms with Gasteiger partial charge in [0.15, 0.2) is 0 Å². The van der Waals surface area contributed by atoms with E-state index in [0.29, 0.717) is 6.61 Å². The van der Waals surface area contributed by atoms with Crippen molar-refractivity contribution in [2.24, 2.45) is 0 Å². The molecule has 0 aromatic heterocycles. The molecule has 1 aliphatic heterocycles. The Morgan fingerprint density at radius 1 is 1.50 bits per heavy atom. The maximum absolute atomic E-state index is 11.2. The first kappa shape index (κ1) is 9.59. The van der Waals surface area contributed by atoms with Gasteiger partial charge in [-0.05, 0) is 19.1 Å².